The molecule has 15 heavy (non-hydrogen) atoms. The molecule has 0 fully saturated rings. The van der Waals surface area contributed by atoms with E-state index in [4.69, 9.17) is 10.8 Å². The molecule has 92 valence electrons. The van der Waals surface area contributed by atoms with Gasteiger partial charge in [0, 0.05) is 6.61 Å². The van der Waals surface area contributed by atoms with E-state index in [-0.39, 0.29) is 6.10 Å². The quantitative estimate of drug-likeness (QED) is 0.462. The first-order valence-corrected chi connectivity index (χ1v) is 6.30. The van der Waals surface area contributed by atoms with Crippen molar-refractivity contribution >= 4 is 0 Å². The molecule has 0 saturated carbocycles. The second-order valence-corrected chi connectivity index (χ2v) is 4.22. The number of aliphatic hydroxyl groups excluding tert-OH is 2. The predicted molar refractivity (Wildman–Crippen MR) is 63.7 cm³/mol. The van der Waals surface area contributed by atoms with Crippen LogP contribution in [0.2, 0.25) is 0 Å². The number of aliphatic hydroxyl groups is 2. The predicted octanol–water partition coefficient (Wildman–Crippen LogP) is 1.81. The summed E-state index contributed by atoms with van der Waals surface area (Å²) in [4.78, 5) is 0. The van der Waals surface area contributed by atoms with Crippen LogP contribution in [0.15, 0.2) is 0 Å². The minimum absolute atomic E-state index is 0.147. The first kappa shape index (κ1) is 14.9. The Bertz CT molecular complexity index is 120. The standard InChI is InChI=1S/C12H27NO2/c13-10-7-9-12(15)8-5-3-1-2-4-6-11-14/h12,14-15H,1-11,13H2. The SMILES string of the molecule is NCCCC(O)CCCCCCCCO. The van der Waals surface area contributed by atoms with E-state index in [0.29, 0.717) is 13.2 Å². The molecule has 0 amide bonds. The average molecular weight is 217 g/mol. The molecule has 0 heterocycles. The van der Waals surface area contributed by atoms with Gasteiger partial charge in [-0.05, 0) is 32.2 Å². The maximum Gasteiger partial charge on any atom is 0.0540 e. The first-order valence-electron chi connectivity index (χ1n) is 6.30. The fraction of sp³-hybridized carbons (Fsp3) is 1.00. The van der Waals surface area contributed by atoms with Crippen LogP contribution in [-0.4, -0.2) is 29.5 Å². The summed E-state index contributed by atoms with van der Waals surface area (Å²) in [7, 11) is 0. The van der Waals surface area contributed by atoms with Gasteiger partial charge in [-0.15, -0.1) is 0 Å². The maximum atomic E-state index is 9.53. The van der Waals surface area contributed by atoms with Gasteiger partial charge in [-0.25, -0.2) is 0 Å². The van der Waals surface area contributed by atoms with Crippen molar-refractivity contribution in [3.8, 4) is 0 Å². The first-order chi connectivity index (χ1) is 7.31. The molecule has 0 radical (unpaired) electrons. The zero-order valence-electron chi connectivity index (χ0n) is 9.83. The fourth-order valence-corrected chi connectivity index (χ4v) is 1.70. The summed E-state index contributed by atoms with van der Waals surface area (Å²) in [5.41, 5.74) is 5.37. The molecule has 0 aromatic carbocycles. The number of nitrogens with two attached hydrogens (primary N) is 1. The third-order valence-electron chi connectivity index (χ3n) is 2.69. The Labute approximate surface area is 93.7 Å². The van der Waals surface area contributed by atoms with Crippen molar-refractivity contribution in [2.45, 2.75) is 63.9 Å². The molecule has 3 nitrogen and oxygen atoms in total. The summed E-state index contributed by atoms with van der Waals surface area (Å²) in [6, 6.07) is 0. The second kappa shape index (κ2) is 12.0. The van der Waals surface area contributed by atoms with Gasteiger partial charge in [-0.2, -0.15) is 0 Å². The molecule has 0 aliphatic heterocycles. The van der Waals surface area contributed by atoms with Gasteiger partial charge in [0.15, 0.2) is 0 Å². The lowest BCUT2D eigenvalue weighted by molar-refractivity contribution is 0.149. The van der Waals surface area contributed by atoms with Gasteiger partial charge in [-0.3, -0.25) is 0 Å². The number of hydrogen-bond donors (Lipinski definition) is 3. The van der Waals surface area contributed by atoms with Crippen LogP contribution in [0.5, 0.6) is 0 Å². The highest BCUT2D eigenvalue weighted by molar-refractivity contribution is 4.56. The molecular weight excluding hydrogens is 190 g/mol. The Balaban J connectivity index is 3.02. The molecule has 0 saturated heterocycles. The van der Waals surface area contributed by atoms with Crippen molar-refractivity contribution in [3.05, 3.63) is 0 Å². The van der Waals surface area contributed by atoms with Gasteiger partial charge < -0.3 is 15.9 Å². The highest BCUT2D eigenvalue weighted by Crippen LogP contribution is 2.10. The van der Waals surface area contributed by atoms with E-state index < -0.39 is 0 Å². The third kappa shape index (κ3) is 11.8. The molecule has 0 aliphatic rings. The summed E-state index contributed by atoms with van der Waals surface area (Å²) in [5.74, 6) is 0. The van der Waals surface area contributed by atoms with E-state index in [1.807, 2.05) is 0 Å². The molecular formula is C12H27NO2. The Morgan fingerprint density at radius 3 is 1.93 bits per heavy atom. The third-order valence-corrected chi connectivity index (χ3v) is 2.69. The fourth-order valence-electron chi connectivity index (χ4n) is 1.70. The lowest BCUT2D eigenvalue weighted by atomic mass is 10.0. The lowest BCUT2D eigenvalue weighted by Gasteiger charge is -2.09. The summed E-state index contributed by atoms with van der Waals surface area (Å²) >= 11 is 0. The van der Waals surface area contributed by atoms with Gasteiger partial charge in [0.05, 0.1) is 6.10 Å². The van der Waals surface area contributed by atoms with Gasteiger partial charge in [0.2, 0.25) is 0 Å². The van der Waals surface area contributed by atoms with E-state index in [1.54, 1.807) is 0 Å². The molecule has 0 spiro atoms. The van der Waals surface area contributed by atoms with Crippen molar-refractivity contribution in [3.63, 3.8) is 0 Å². The topological polar surface area (TPSA) is 66.5 Å². The van der Waals surface area contributed by atoms with Crippen LogP contribution in [0.4, 0.5) is 0 Å². The number of unbranched alkanes of at least 4 members (excludes halogenated alkanes) is 5. The van der Waals surface area contributed by atoms with Crippen molar-refractivity contribution in [2.24, 2.45) is 5.73 Å². The monoisotopic (exact) mass is 217 g/mol. The largest absolute Gasteiger partial charge is 0.396 e. The second-order valence-electron chi connectivity index (χ2n) is 4.22. The minimum Gasteiger partial charge on any atom is -0.396 e. The molecule has 1 atom stereocenters. The van der Waals surface area contributed by atoms with Crippen molar-refractivity contribution in [2.75, 3.05) is 13.2 Å². The molecule has 0 bridgehead atoms. The summed E-state index contributed by atoms with van der Waals surface area (Å²) in [6.07, 6.45) is 9.36. The number of rotatable bonds is 11. The zero-order chi connectivity index (χ0) is 11.4. The van der Waals surface area contributed by atoms with Crippen LogP contribution in [0.25, 0.3) is 0 Å². The Morgan fingerprint density at radius 1 is 0.800 bits per heavy atom. The van der Waals surface area contributed by atoms with Crippen molar-refractivity contribution in [1.29, 1.82) is 0 Å². The Hall–Kier alpha value is -0.120. The lowest BCUT2D eigenvalue weighted by Crippen LogP contribution is -2.09. The molecule has 0 aromatic rings. The smallest absolute Gasteiger partial charge is 0.0540 e. The van der Waals surface area contributed by atoms with E-state index in [0.717, 1.165) is 38.5 Å². The summed E-state index contributed by atoms with van der Waals surface area (Å²) < 4.78 is 0. The van der Waals surface area contributed by atoms with Gasteiger partial charge in [0.1, 0.15) is 0 Å². The molecule has 0 aromatic heterocycles. The van der Waals surface area contributed by atoms with Crippen LogP contribution >= 0.6 is 0 Å². The highest BCUT2D eigenvalue weighted by atomic mass is 16.3. The maximum absolute atomic E-state index is 9.53. The molecule has 0 rings (SSSR count). The zero-order valence-corrected chi connectivity index (χ0v) is 9.83. The van der Waals surface area contributed by atoms with Crippen LogP contribution in [0.3, 0.4) is 0 Å². The molecule has 3 heteroatoms. The Kier molecular flexibility index (Phi) is 11.9. The average Bonchev–Trinajstić information content (AvgIpc) is 2.25. The molecule has 4 N–H and O–H groups in total. The molecule has 1 unspecified atom stereocenters. The van der Waals surface area contributed by atoms with E-state index >= 15 is 0 Å². The molecule has 0 aliphatic carbocycles. The van der Waals surface area contributed by atoms with Crippen LogP contribution in [-0.2, 0) is 0 Å². The van der Waals surface area contributed by atoms with Gasteiger partial charge in [-0.1, -0.05) is 32.1 Å². The van der Waals surface area contributed by atoms with Gasteiger partial charge >= 0.3 is 0 Å². The van der Waals surface area contributed by atoms with E-state index in [1.165, 1.54) is 19.3 Å². The highest BCUT2D eigenvalue weighted by Gasteiger charge is 2.02. The van der Waals surface area contributed by atoms with E-state index in [9.17, 15) is 5.11 Å². The van der Waals surface area contributed by atoms with Crippen LogP contribution in [0.1, 0.15) is 57.8 Å². The van der Waals surface area contributed by atoms with Gasteiger partial charge in [0.25, 0.3) is 0 Å². The summed E-state index contributed by atoms with van der Waals surface area (Å²) in [5, 5.41) is 18.1. The number of hydrogen-bond acceptors (Lipinski definition) is 3. The van der Waals surface area contributed by atoms with Crippen LogP contribution in [0, 0.1) is 0 Å². The van der Waals surface area contributed by atoms with Crippen molar-refractivity contribution < 1.29 is 10.2 Å². The normalized spacial score (nSPS) is 13.0. The Morgan fingerprint density at radius 2 is 1.33 bits per heavy atom. The minimum atomic E-state index is -0.147. The van der Waals surface area contributed by atoms with Crippen LogP contribution < -0.4 is 5.73 Å². The van der Waals surface area contributed by atoms with Crippen molar-refractivity contribution in [1.82, 2.24) is 0 Å². The summed E-state index contributed by atoms with van der Waals surface area (Å²) in [6.45, 7) is 0.996. The van der Waals surface area contributed by atoms with E-state index in [2.05, 4.69) is 0 Å².